The Morgan fingerprint density at radius 2 is 2.06 bits per heavy atom. The molecule has 0 radical (unpaired) electrons. The number of nitrogens with one attached hydrogen (secondary N) is 1. The van der Waals surface area contributed by atoms with Crippen LogP contribution in [0.15, 0.2) is 35.3 Å². The van der Waals surface area contributed by atoms with Crippen LogP contribution in [0.5, 0.6) is 0 Å². The fourth-order valence-electron chi connectivity index (χ4n) is 1.58. The van der Waals surface area contributed by atoms with E-state index < -0.39 is 0 Å². The maximum Gasteiger partial charge on any atom is 0.138 e. The van der Waals surface area contributed by atoms with E-state index in [1.165, 1.54) is 0 Å². The maximum absolute atomic E-state index is 4.38. The van der Waals surface area contributed by atoms with Gasteiger partial charge >= 0.3 is 0 Å². The Morgan fingerprint density at radius 1 is 1.29 bits per heavy atom. The predicted molar refractivity (Wildman–Crippen MR) is 71.1 cm³/mol. The molecule has 90 valence electrons. The van der Waals surface area contributed by atoms with Crippen LogP contribution < -0.4 is 5.32 Å². The molecular weight excluding hydrogens is 280 g/mol. The molecule has 17 heavy (non-hydrogen) atoms. The summed E-state index contributed by atoms with van der Waals surface area (Å²) in [5.74, 6) is 0.865. The van der Waals surface area contributed by atoms with Gasteiger partial charge in [-0.15, -0.1) is 0 Å². The van der Waals surface area contributed by atoms with E-state index in [0.717, 1.165) is 16.0 Å². The van der Waals surface area contributed by atoms with E-state index in [9.17, 15) is 0 Å². The predicted octanol–water partition coefficient (Wildman–Crippen LogP) is 2.48. The zero-order chi connectivity index (χ0) is 12.5. The van der Waals surface area contributed by atoms with Crippen molar-refractivity contribution in [2.45, 2.75) is 19.4 Å². The number of aromatic nitrogens is 3. The minimum absolute atomic E-state index is 0.148. The Labute approximate surface area is 109 Å². The van der Waals surface area contributed by atoms with Crippen LogP contribution in [0.1, 0.15) is 19.5 Å². The van der Waals surface area contributed by atoms with E-state index >= 15 is 0 Å². The van der Waals surface area contributed by atoms with Crippen LogP contribution in [-0.2, 0) is 5.54 Å². The zero-order valence-electron chi connectivity index (χ0n) is 10.1. The first-order valence-corrected chi connectivity index (χ1v) is 6.17. The first-order valence-electron chi connectivity index (χ1n) is 5.38. The number of imidazole rings is 1. The highest BCUT2D eigenvalue weighted by Gasteiger charge is 2.22. The topological polar surface area (TPSA) is 42.7 Å². The Morgan fingerprint density at radius 3 is 2.65 bits per heavy atom. The molecule has 4 nitrogen and oxygen atoms in total. The van der Waals surface area contributed by atoms with Crippen LogP contribution in [0.4, 0.5) is 0 Å². The van der Waals surface area contributed by atoms with Crippen LogP contribution in [0.3, 0.4) is 0 Å². The van der Waals surface area contributed by atoms with Crippen molar-refractivity contribution in [1.82, 2.24) is 19.9 Å². The summed E-state index contributed by atoms with van der Waals surface area (Å²) in [5, 5.41) is 3.27. The van der Waals surface area contributed by atoms with E-state index in [0.29, 0.717) is 0 Å². The van der Waals surface area contributed by atoms with Gasteiger partial charge in [0.15, 0.2) is 0 Å². The lowest BCUT2D eigenvalue weighted by atomic mass is 10.0. The third kappa shape index (κ3) is 2.40. The molecule has 2 aromatic heterocycles. The number of hydrogen-bond donors (Lipinski definition) is 1. The lowest BCUT2D eigenvalue weighted by molar-refractivity contribution is 0.424. The SMILES string of the molecule is CNC(C)(C)c1cncn1-c1ccc(Br)cn1. The molecule has 0 fully saturated rings. The standard InChI is InChI=1S/C12H15BrN4/c1-12(2,14-3)10-7-15-8-17(10)11-5-4-9(13)6-16-11/h4-8,14H,1-3H3. The Bertz CT molecular complexity index is 501. The van der Waals surface area contributed by atoms with Gasteiger partial charge < -0.3 is 5.32 Å². The van der Waals surface area contributed by atoms with Crippen LogP contribution in [0, 0.1) is 0 Å². The average Bonchev–Trinajstić information content (AvgIpc) is 2.80. The zero-order valence-corrected chi connectivity index (χ0v) is 11.7. The van der Waals surface area contributed by atoms with Gasteiger partial charge in [0, 0.05) is 10.7 Å². The molecule has 0 aliphatic heterocycles. The lowest BCUT2D eigenvalue weighted by Gasteiger charge is -2.25. The van der Waals surface area contributed by atoms with Gasteiger partial charge in [-0.05, 0) is 49.0 Å². The fraction of sp³-hybridized carbons (Fsp3) is 0.333. The maximum atomic E-state index is 4.38. The summed E-state index contributed by atoms with van der Waals surface area (Å²) in [4.78, 5) is 8.58. The number of pyridine rings is 1. The van der Waals surface area contributed by atoms with E-state index in [4.69, 9.17) is 0 Å². The van der Waals surface area contributed by atoms with Crippen molar-refractivity contribution < 1.29 is 0 Å². The monoisotopic (exact) mass is 294 g/mol. The summed E-state index contributed by atoms with van der Waals surface area (Å²) >= 11 is 3.38. The van der Waals surface area contributed by atoms with E-state index in [1.54, 1.807) is 12.5 Å². The van der Waals surface area contributed by atoms with Crippen LogP contribution in [0.25, 0.3) is 5.82 Å². The highest BCUT2D eigenvalue weighted by molar-refractivity contribution is 9.10. The number of halogens is 1. The van der Waals surface area contributed by atoms with Crippen molar-refractivity contribution in [3.63, 3.8) is 0 Å². The minimum atomic E-state index is -0.148. The van der Waals surface area contributed by atoms with Crippen molar-refractivity contribution in [1.29, 1.82) is 0 Å². The van der Waals surface area contributed by atoms with Gasteiger partial charge in [0.2, 0.25) is 0 Å². The van der Waals surface area contributed by atoms with E-state index in [1.807, 2.05) is 29.9 Å². The summed E-state index contributed by atoms with van der Waals surface area (Å²) < 4.78 is 2.96. The van der Waals surface area contributed by atoms with Gasteiger partial charge in [0.1, 0.15) is 12.1 Å². The van der Waals surface area contributed by atoms with Gasteiger partial charge in [-0.2, -0.15) is 0 Å². The second-order valence-electron chi connectivity index (χ2n) is 4.36. The lowest BCUT2D eigenvalue weighted by Crippen LogP contribution is -2.35. The second-order valence-corrected chi connectivity index (χ2v) is 5.27. The number of nitrogens with zero attached hydrogens (tertiary/aromatic N) is 3. The summed E-state index contributed by atoms with van der Waals surface area (Å²) in [6.07, 6.45) is 5.43. The largest absolute Gasteiger partial charge is 0.310 e. The minimum Gasteiger partial charge on any atom is -0.310 e. The van der Waals surface area contributed by atoms with Crippen molar-refractivity contribution >= 4 is 15.9 Å². The molecule has 1 N–H and O–H groups in total. The van der Waals surface area contributed by atoms with Crippen molar-refractivity contribution in [2.75, 3.05) is 7.05 Å². The second kappa shape index (κ2) is 4.58. The first-order chi connectivity index (χ1) is 8.04. The summed E-state index contributed by atoms with van der Waals surface area (Å²) in [6.45, 7) is 4.22. The van der Waals surface area contributed by atoms with Gasteiger partial charge in [0.05, 0.1) is 17.4 Å². The van der Waals surface area contributed by atoms with E-state index in [2.05, 4.69) is 45.1 Å². The van der Waals surface area contributed by atoms with Crippen LogP contribution in [0.2, 0.25) is 0 Å². The van der Waals surface area contributed by atoms with Crippen LogP contribution >= 0.6 is 15.9 Å². The molecule has 0 aliphatic carbocycles. The van der Waals surface area contributed by atoms with Crippen LogP contribution in [-0.4, -0.2) is 21.6 Å². The molecule has 0 aliphatic rings. The highest BCUT2D eigenvalue weighted by atomic mass is 79.9. The van der Waals surface area contributed by atoms with Gasteiger partial charge in [-0.25, -0.2) is 9.97 Å². The molecule has 5 heteroatoms. The van der Waals surface area contributed by atoms with Crippen molar-refractivity contribution in [2.24, 2.45) is 0 Å². The molecule has 2 rings (SSSR count). The normalized spacial score (nSPS) is 11.8. The molecular formula is C12H15BrN4. The summed E-state index contributed by atoms with van der Waals surface area (Å²) in [5.41, 5.74) is 0.931. The molecule has 0 saturated carbocycles. The average molecular weight is 295 g/mol. The third-order valence-corrected chi connectivity index (χ3v) is 3.33. The molecule has 0 bridgehead atoms. The van der Waals surface area contributed by atoms with Crippen molar-refractivity contribution in [3.05, 3.63) is 41.0 Å². The molecule has 2 heterocycles. The highest BCUT2D eigenvalue weighted by Crippen LogP contribution is 2.22. The summed E-state index contributed by atoms with van der Waals surface area (Å²) in [6, 6.07) is 3.93. The fourth-order valence-corrected chi connectivity index (χ4v) is 1.81. The quantitative estimate of drug-likeness (QED) is 0.946. The van der Waals surface area contributed by atoms with Gasteiger partial charge in [-0.1, -0.05) is 0 Å². The Kier molecular flexibility index (Phi) is 3.31. The molecule has 0 aromatic carbocycles. The number of rotatable bonds is 3. The third-order valence-electron chi connectivity index (χ3n) is 2.86. The van der Waals surface area contributed by atoms with Crippen molar-refractivity contribution in [3.8, 4) is 5.82 Å². The molecule has 0 spiro atoms. The molecule has 0 atom stereocenters. The van der Waals surface area contributed by atoms with Gasteiger partial charge in [-0.3, -0.25) is 4.57 Å². The van der Waals surface area contributed by atoms with E-state index in [-0.39, 0.29) is 5.54 Å². The molecule has 0 amide bonds. The molecule has 2 aromatic rings. The molecule has 0 saturated heterocycles. The Hall–Kier alpha value is -1.20. The smallest absolute Gasteiger partial charge is 0.138 e. The summed E-state index contributed by atoms with van der Waals surface area (Å²) in [7, 11) is 1.94. The number of hydrogen-bond acceptors (Lipinski definition) is 3. The van der Waals surface area contributed by atoms with Gasteiger partial charge in [0.25, 0.3) is 0 Å². The molecule has 0 unspecified atom stereocenters. The first kappa shape index (κ1) is 12.3. The Balaban J connectivity index is 2.47.